The maximum Gasteiger partial charge on any atom is 0.224 e. The number of nitrogens with zero attached hydrogens (tertiary/aromatic N) is 1. The zero-order valence-corrected chi connectivity index (χ0v) is 11.2. The second kappa shape index (κ2) is 6.21. The average molecular weight is 267 g/mol. The SMILES string of the molecule is NC(CC(=O)N1CCCC1)Cc1cccc(Cl)c1. The van der Waals surface area contributed by atoms with Gasteiger partial charge in [0.2, 0.25) is 5.91 Å². The molecule has 98 valence electrons. The van der Waals surface area contributed by atoms with E-state index >= 15 is 0 Å². The quantitative estimate of drug-likeness (QED) is 0.908. The number of hydrogen-bond donors (Lipinski definition) is 1. The van der Waals surface area contributed by atoms with Gasteiger partial charge in [0.25, 0.3) is 0 Å². The van der Waals surface area contributed by atoms with Crippen LogP contribution in [0.3, 0.4) is 0 Å². The third-order valence-electron chi connectivity index (χ3n) is 3.28. The topological polar surface area (TPSA) is 46.3 Å². The van der Waals surface area contributed by atoms with Crippen LogP contribution in [-0.4, -0.2) is 29.9 Å². The van der Waals surface area contributed by atoms with Gasteiger partial charge >= 0.3 is 0 Å². The Hall–Kier alpha value is -1.06. The number of likely N-dealkylation sites (tertiary alicyclic amines) is 1. The molecule has 2 rings (SSSR count). The van der Waals surface area contributed by atoms with E-state index in [1.54, 1.807) is 0 Å². The molecule has 0 bridgehead atoms. The molecule has 1 aliphatic heterocycles. The van der Waals surface area contributed by atoms with Gasteiger partial charge in [-0.25, -0.2) is 0 Å². The van der Waals surface area contributed by atoms with Gasteiger partial charge in [-0.2, -0.15) is 0 Å². The van der Waals surface area contributed by atoms with E-state index in [0.717, 1.165) is 31.5 Å². The minimum Gasteiger partial charge on any atom is -0.343 e. The van der Waals surface area contributed by atoms with Gasteiger partial charge in [-0.3, -0.25) is 4.79 Å². The molecule has 1 aromatic carbocycles. The van der Waals surface area contributed by atoms with Gasteiger partial charge in [0, 0.05) is 30.6 Å². The van der Waals surface area contributed by atoms with Crippen LogP contribution in [0.1, 0.15) is 24.8 Å². The summed E-state index contributed by atoms with van der Waals surface area (Å²) in [7, 11) is 0. The van der Waals surface area contributed by atoms with Crippen LogP contribution in [0.5, 0.6) is 0 Å². The molecule has 18 heavy (non-hydrogen) atoms. The number of halogens is 1. The maximum atomic E-state index is 11.9. The van der Waals surface area contributed by atoms with Crippen molar-refractivity contribution in [2.75, 3.05) is 13.1 Å². The number of rotatable bonds is 4. The Morgan fingerprint density at radius 2 is 2.11 bits per heavy atom. The van der Waals surface area contributed by atoms with Crippen molar-refractivity contribution in [1.82, 2.24) is 4.90 Å². The number of benzene rings is 1. The zero-order chi connectivity index (χ0) is 13.0. The second-order valence-electron chi connectivity index (χ2n) is 4.89. The van der Waals surface area contributed by atoms with Gasteiger partial charge in [0.15, 0.2) is 0 Å². The molecule has 0 radical (unpaired) electrons. The van der Waals surface area contributed by atoms with Crippen LogP contribution < -0.4 is 5.73 Å². The molecule has 3 nitrogen and oxygen atoms in total. The van der Waals surface area contributed by atoms with E-state index in [4.69, 9.17) is 17.3 Å². The standard InChI is InChI=1S/C14H19ClN2O/c15-12-5-3-4-11(8-12)9-13(16)10-14(18)17-6-1-2-7-17/h3-5,8,13H,1-2,6-7,9-10,16H2. The Labute approximate surface area is 113 Å². The number of amides is 1. The predicted octanol–water partition coefficient (Wildman–Crippen LogP) is 2.22. The lowest BCUT2D eigenvalue weighted by atomic mass is 10.0. The highest BCUT2D eigenvalue weighted by atomic mass is 35.5. The molecule has 1 aromatic rings. The molecule has 1 amide bonds. The third kappa shape index (κ3) is 3.72. The minimum absolute atomic E-state index is 0.128. The van der Waals surface area contributed by atoms with Crippen LogP contribution in [0.4, 0.5) is 0 Å². The number of nitrogens with two attached hydrogens (primary N) is 1. The Morgan fingerprint density at radius 3 is 2.78 bits per heavy atom. The van der Waals surface area contributed by atoms with Crippen molar-refractivity contribution >= 4 is 17.5 Å². The summed E-state index contributed by atoms with van der Waals surface area (Å²) in [5.74, 6) is 0.182. The summed E-state index contributed by atoms with van der Waals surface area (Å²) >= 11 is 5.92. The molecular formula is C14H19ClN2O. The molecule has 1 aliphatic rings. The lowest BCUT2D eigenvalue weighted by molar-refractivity contribution is -0.130. The monoisotopic (exact) mass is 266 g/mol. The van der Waals surface area contributed by atoms with Gasteiger partial charge in [-0.05, 0) is 37.0 Å². The first-order valence-electron chi connectivity index (χ1n) is 6.43. The highest BCUT2D eigenvalue weighted by Crippen LogP contribution is 2.14. The highest BCUT2D eigenvalue weighted by molar-refractivity contribution is 6.30. The van der Waals surface area contributed by atoms with E-state index in [9.17, 15) is 4.79 Å². The van der Waals surface area contributed by atoms with E-state index in [2.05, 4.69) is 0 Å². The van der Waals surface area contributed by atoms with Crippen LogP contribution in [-0.2, 0) is 11.2 Å². The van der Waals surface area contributed by atoms with Crippen molar-refractivity contribution in [3.63, 3.8) is 0 Å². The molecular weight excluding hydrogens is 248 g/mol. The first kappa shape index (κ1) is 13.4. The number of hydrogen-bond acceptors (Lipinski definition) is 2. The van der Waals surface area contributed by atoms with Crippen molar-refractivity contribution in [2.45, 2.75) is 31.7 Å². The summed E-state index contributed by atoms with van der Waals surface area (Å²) < 4.78 is 0. The Kier molecular flexibility index (Phi) is 4.61. The fourth-order valence-corrected chi connectivity index (χ4v) is 2.57. The number of carbonyl (C=O) groups excluding carboxylic acids is 1. The van der Waals surface area contributed by atoms with Gasteiger partial charge < -0.3 is 10.6 Å². The lowest BCUT2D eigenvalue weighted by Crippen LogP contribution is -2.35. The van der Waals surface area contributed by atoms with Crippen molar-refractivity contribution < 1.29 is 4.79 Å². The normalized spacial score (nSPS) is 16.9. The van der Waals surface area contributed by atoms with Crippen molar-refractivity contribution in [3.05, 3.63) is 34.9 Å². The summed E-state index contributed by atoms with van der Waals surface area (Å²) in [6.07, 6.45) is 3.36. The first-order valence-corrected chi connectivity index (χ1v) is 6.81. The molecule has 1 heterocycles. The average Bonchev–Trinajstić information content (AvgIpc) is 2.81. The molecule has 1 saturated heterocycles. The molecule has 4 heteroatoms. The summed E-state index contributed by atoms with van der Waals surface area (Å²) in [6, 6.07) is 7.52. The van der Waals surface area contributed by atoms with Crippen molar-refractivity contribution in [3.8, 4) is 0 Å². The van der Waals surface area contributed by atoms with Crippen molar-refractivity contribution in [2.24, 2.45) is 5.73 Å². The smallest absolute Gasteiger partial charge is 0.224 e. The summed E-state index contributed by atoms with van der Waals surface area (Å²) in [6.45, 7) is 1.78. The highest BCUT2D eigenvalue weighted by Gasteiger charge is 2.20. The lowest BCUT2D eigenvalue weighted by Gasteiger charge is -2.18. The van der Waals surface area contributed by atoms with Gasteiger partial charge in [-0.1, -0.05) is 23.7 Å². The predicted molar refractivity (Wildman–Crippen MR) is 73.6 cm³/mol. The van der Waals surface area contributed by atoms with Gasteiger partial charge in [0.05, 0.1) is 0 Å². The number of carbonyl (C=O) groups is 1. The van der Waals surface area contributed by atoms with Crippen LogP contribution in [0.15, 0.2) is 24.3 Å². The minimum atomic E-state index is -0.128. The van der Waals surface area contributed by atoms with Crippen LogP contribution in [0.25, 0.3) is 0 Å². The maximum absolute atomic E-state index is 11.9. The van der Waals surface area contributed by atoms with E-state index < -0.39 is 0 Å². The summed E-state index contributed by atoms with van der Waals surface area (Å²) in [5.41, 5.74) is 7.12. The summed E-state index contributed by atoms with van der Waals surface area (Å²) in [4.78, 5) is 13.8. The van der Waals surface area contributed by atoms with E-state index in [1.165, 1.54) is 0 Å². The molecule has 1 unspecified atom stereocenters. The Balaban J connectivity index is 1.84. The zero-order valence-electron chi connectivity index (χ0n) is 10.4. The first-order chi connectivity index (χ1) is 8.65. The van der Waals surface area contributed by atoms with E-state index in [-0.39, 0.29) is 11.9 Å². The van der Waals surface area contributed by atoms with Crippen LogP contribution >= 0.6 is 11.6 Å². The largest absolute Gasteiger partial charge is 0.343 e. The van der Waals surface area contributed by atoms with E-state index in [0.29, 0.717) is 17.9 Å². The molecule has 2 N–H and O–H groups in total. The van der Waals surface area contributed by atoms with Crippen molar-refractivity contribution in [1.29, 1.82) is 0 Å². The summed E-state index contributed by atoms with van der Waals surface area (Å²) in [5, 5.41) is 0.713. The second-order valence-corrected chi connectivity index (χ2v) is 5.32. The van der Waals surface area contributed by atoms with Crippen LogP contribution in [0.2, 0.25) is 5.02 Å². The third-order valence-corrected chi connectivity index (χ3v) is 3.52. The molecule has 0 aliphatic carbocycles. The molecule has 0 spiro atoms. The van der Waals surface area contributed by atoms with Gasteiger partial charge in [-0.15, -0.1) is 0 Å². The molecule has 0 aromatic heterocycles. The van der Waals surface area contributed by atoms with E-state index in [1.807, 2.05) is 29.2 Å². The Bertz CT molecular complexity index is 416. The fourth-order valence-electron chi connectivity index (χ4n) is 2.36. The molecule has 1 atom stereocenters. The van der Waals surface area contributed by atoms with Gasteiger partial charge in [0.1, 0.15) is 0 Å². The molecule has 0 saturated carbocycles. The molecule has 1 fully saturated rings. The van der Waals surface area contributed by atoms with Crippen LogP contribution in [0, 0.1) is 0 Å². The Morgan fingerprint density at radius 1 is 1.39 bits per heavy atom. The fraction of sp³-hybridized carbons (Fsp3) is 0.500.